The minimum absolute atomic E-state index is 0.277. The van der Waals surface area contributed by atoms with Gasteiger partial charge in [-0.05, 0) is 37.3 Å². The highest BCUT2D eigenvalue weighted by molar-refractivity contribution is 7.13. The highest BCUT2D eigenvalue weighted by atomic mass is 32.1. The van der Waals surface area contributed by atoms with Crippen molar-refractivity contribution < 1.29 is 14.3 Å². The largest absolute Gasteiger partial charge is 0.480 e. The molecule has 3 atom stereocenters. The van der Waals surface area contributed by atoms with Gasteiger partial charge in [-0.2, -0.15) is 0 Å². The first kappa shape index (κ1) is 16.7. The molecule has 1 aliphatic carbocycles. The lowest BCUT2D eigenvalue weighted by atomic mass is 9.85. The third-order valence-electron chi connectivity index (χ3n) is 5.51. The van der Waals surface area contributed by atoms with E-state index in [4.69, 9.17) is 0 Å². The van der Waals surface area contributed by atoms with E-state index in [-0.39, 0.29) is 5.82 Å². The molecule has 4 nitrogen and oxygen atoms in total. The van der Waals surface area contributed by atoms with Gasteiger partial charge in [0.25, 0.3) is 0 Å². The third-order valence-corrected chi connectivity index (χ3v) is 6.43. The van der Waals surface area contributed by atoms with Crippen LogP contribution >= 0.6 is 11.3 Å². The maximum atomic E-state index is 14.0. The minimum Gasteiger partial charge on any atom is -0.480 e. The van der Waals surface area contributed by atoms with Crippen molar-refractivity contribution in [1.82, 2.24) is 9.88 Å². The predicted octanol–water partition coefficient (Wildman–Crippen LogP) is 4.17. The average molecular weight is 360 g/mol. The molecule has 0 spiro atoms. The van der Waals surface area contributed by atoms with Crippen LogP contribution in [0.4, 0.5) is 4.39 Å². The van der Waals surface area contributed by atoms with Gasteiger partial charge >= 0.3 is 5.97 Å². The third kappa shape index (κ3) is 3.20. The molecule has 6 heteroatoms. The van der Waals surface area contributed by atoms with E-state index in [1.165, 1.54) is 30.2 Å². The summed E-state index contributed by atoms with van der Waals surface area (Å²) < 4.78 is 14.0. The number of carbonyl (C=O) groups is 1. The number of rotatable bonds is 4. The maximum Gasteiger partial charge on any atom is 0.320 e. The molecular weight excluding hydrogens is 339 g/mol. The van der Waals surface area contributed by atoms with Crippen LogP contribution in [0, 0.1) is 11.7 Å². The van der Waals surface area contributed by atoms with Crippen molar-refractivity contribution in [3.8, 4) is 10.6 Å². The minimum atomic E-state index is -0.737. The van der Waals surface area contributed by atoms with Gasteiger partial charge in [0.05, 0.1) is 5.69 Å². The standard InChI is InChI=1S/C19H21FN2O2S/c20-15-7-3-2-6-14(15)18-21-13(11-25-18)10-22-16-8-4-1-5-12(16)9-17(22)19(23)24/h2-3,6-7,11-12,16-17H,1,4-5,8-10H2,(H,23,24). The smallest absolute Gasteiger partial charge is 0.320 e. The zero-order chi connectivity index (χ0) is 17.4. The Balaban J connectivity index is 1.56. The lowest BCUT2D eigenvalue weighted by Crippen LogP contribution is -2.41. The molecule has 132 valence electrons. The number of aromatic nitrogens is 1. The van der Waals surface area contributed by atoms with E-state index in [1.807, 2.05) is 5.38 Å². The highest BCUT2D eigenvalue weighted by Gasteiger charge is 2.45. The van der Waals surface area contributed by atoms with Crippen LogP contribution in [-0.2, 0) is 11.3 Å². The molecule has 4 rings (SSSR count). The fourth-order valence-electron chi connectivity index (χ4n) is 4.35. The van der Waals surface area contributed by atoms with Crippen LogP contribution in [-0.4, -0.2) is 33.0 Å². The Hall–Kier alpha value is -1.79. The van der Waals surface area contributed by atoms with E-state index in [0.717, 1.165) is 25.0 Å². The molecule has 1 saturated heterocycles. The number of thiazole rings is 1. The summed E-state index contributed by atoms with van der Waals surface area (Å²) in [7, 11) is 0. The van der Waals surface area contributed by atoms with Crippen LogP contribution in [0.3, 0.4) is 0 Å². The van der Waals surface area contributed by atoms with E-state index in [2.05, 4.69) is 9.88 Å². The zero-order valence-electron chi connectivity index (χ0n) is 13.9. The fraction of sp³-hybridized carbons (Fsp3) is 0.474. The van der Waals surface area contributed by atoms with Gasteiger partial charge < -0.3 is 5.11 Å². The predicted molar refractivity (Wildman–Crippen MR) is 94.8 cm³/mol. The Morgan fingerprint density at radius 1 is 1.32 bits per heavy atom. The second-order valence-electron chi connectivity index (χ2n) is 7.00. The number of hydrogen-bond acceptors (Lipinski definition) is 4. The Labute approximate surface area is 150 Å². The van der Waals surface area contributed by atoms with Gasteiger partial charge in [0.2, 0.25) is 0 Å². The molecule has 1 saturated carbocycles. The van der Waals surface area contributed by atoms with Gasteiger partial charge in [0.15, 0.2) is 0 Å². The van der Waals surface area contributed by atoms with Crippen LogP contribution in [0.2, 0.25) is 0 Å². The van der Waals surface area contributed by atoms with Gasteiger partial charge in [-0.25, -0.2) is 9.37 Å². The summed E-state index contributed by atoms with van der Waals surface area (Å²) in [6, 6.07) is 6.54. The molecule has 0 amide bonds. The van der Waals surface area contributed by atoms with Gasteiger partial charge in [-0.15, -0.1) is 11.3 Å². The van der Waals surface area contributed by atoms with Crippen LogP contribution in [0.15, 0.2) is 29.6 Å². The Bertz CT molecular complexity index is 778. The monoisotopic (exact) mass is 360 g/mol. The number of hydrogen-bond donors (Lipinski definition) is 1. The van der Waals surface area contributed by atoms with Crippen molar-refractivity contribution >= 4 is 17.3 Å². The number of carboxylic acids is 1. The summed E-state index contributed by atoms with van der Waals surface area (Å²) in [5, 5.41) is 12.2. The number of likely N-dealkylation sites (tertiary alicyclic amines) is 1. The number of carboxylic acid groups (broad SMARTS) is 1. The number of fused-ring (bicyclic) bond motifs is 1. The Morgan fingerprint density at radius 2 is 2.12 bits per heavy atom. The molecule has 2 aliphatic rings. The first-order chi connectivity index (χ1) is 12.1. The van der Waals surface area contributed by atoms with Crippen LogP contribution in [0.1, 0.15) is 37.8 Å². The lowest BCUT2D eigenvalue weighted by Gasteiger charge is -2.32. The van der Waals surface area contributed by atoms with Gasteiger partial charge in [-0.1, -0.05) is 25.0 Å². The number of halogens is 1. The SMILES string of the molecule is O=C(O)C1CC2CCCCC2N1Cc1csc(-c2ccccc2F)n1. The summed E-state index contributed by atoms with van der Waals surface area (Å²) in [6.07, 6.45) is 5.31. The van der Waals surface area contributed by atoms with Gasteiger partial charge in [-0.3, -0.25) is 9.69 Å². The van der Waals surface area contributed by atoms with Gasteiger partial charge in [0, 0.05) is 23.5 Å². The molecule has 1 aromatic heterocycles. The maximum absolute atomic E-state index is 14.0. The van der Waals surface area contributed by atoms with Crippen molar-refractivity contribution in [2.45, 2.75) is 50.7 Å². The summed E-state index contributed by atoms with van der Waals surface area (Å²) in [4.78, 5) is 18.4. The molecular formula is C19H21FN2O2S. The van der Waals surface area contributed by atoms with Crippen LogP contribution < -0.4 is 0 Å². The van der Waals surface area contributed by atoms with Crippen molar-refractivity contribution in [3.05, 3.63) is 41.2 Å². The Morgan fingerprint density at radius 3 is 2.92 bits per heavy atom. The van der Waals surface area contributed by atoms with Crippen molar-refractivity contribution in [3.63, 3.8) is 0 Å². The van der Waals surface area contributed by atoms with E-state index in [9.17, 15) is 14.3 Å². The van der Waals surface area contributed by atoms with Crippen molar-refractivity contribution in [1.29, 1.82) is 0 Å². The number of nitrogens with zero attached hydrogens (tertiary/aromatic N) is 2. The van der Waals surface area contributed by atoms with E-state index < -0.39 is 12.0 Å². The molecule has 0 radical (unpaired) electrons. The molecule has 2 heterocycles. The molecule has 2 fully saturated rings. The summed E-state index contributed by atoms with van der Waals surface area (Å²) in [5.74, 6) is -0.529. The fourth-order valence-corrected chi connectivity index (χ4v) is 5.19. The van der Waals surface area contributed by atoms with Crippen LogP contribution in [0.5, 0.6) is 0 Å². The lowest BCUT2D eigenvalue weighted by molar-refractivity contribution is -0.142. The summed E-state index contributed by atoms with van der Waals surface area (Å²) in [5.41, 5.74) is 1.34. The number of benzene rings is 1. The quantitative estimate of drug-likeness (QED) is 0.889. The Kier molecular flexibility index (Phi) is 4.56. The zero-order valence-corrected chi connectivity index (χ0v) is 14.7. The van der Waals surface area contributed by atoms with Crippen molar-refractivity contribution in [2.75, 3.05) is 0 Å². The number of aliphatic carboxylic acids is 1. The van der Waals surface area contributed by atoms with Gasteiger partial charge in [0.1, 0.15) is 16.9 Å². The van der Waals surface area contributed by atoms with E-state index in [0.29, 0.717) is 29.1 Å². The molecule has 1 N–H and O–H groups in total. The van der Waals surface area contributed by atoms with E-state index >= 15 is 0 Å². The topological polar surface area (TPSA) is 53.4 Å². The summed E-state index contributed by atoms with van der Waals surface area (Å²) >= 11 is 1.41. The van der Waals surface area contributed by atoms with Crippen LogP contribution in [0.25, 0.3) is 10.6 Å². The molecule has 1 aromatic carbocycles. The van der Waals surface area contributed by atoms with E-state index in [1.54, 1.807) is 18.2 Å². The molecule has 1 aliphatic heterocycles. The molecule has 0 bridgehead atoms. The summed E-state index contributed by atoms with van der Waals surface area (Å²) in [6.45, 7) is 0.531. The molecule has 2 aromatic rings. The molecule has 3 unspecified atom stereocenters. The second-order valence-corrected chi connectivity index (χ2v) is 7.86. The normalized spacial score (nSPS) is 26.5. The second kappa shape index (κ2) is 6.84. The first-order valence-corrected chi connectivity index (χ1v) is 9.69. The first-order valence-electron chi connectivity index (χ1n) is 8.81. The van der Waals surface area contributed by atoms with Crippen molar-refractivity contribution in [2.24, 2.45) is 5.92 Å². The average Bonchev–Trinajstić information content (AvgIpc) is 3.21. The molecule has 25 heavy (non-hydrogen) atoms. The highest BCUT2D eigenvalue weighted by Crippen LogP contribution is 2.40.